The highest BCUT2D eigenvalue weighted by Gasteiger charge is 2.67. The number of aliphatic hydroxyl groups is 4. The van der Waals surface area contributed by atoms with Gasteiger partial charge in [-0.25, -0.2) is 0 Å². The number of phenolic OH excluding ortho intramolecular Hbond substituents is 1. The van der Waals surface area contributed by atoms with Crippen molar-refractivity contribution in [1.82, 2.24) is 4.90 Å². The number of aromatic hydroxyl groups is 1. The normalized spacial score (nSPS) is 29.8. The average molecular weight is 567 g/mol. The molecule has 0 bridgehead atoms. The Morgan fingerprint density at radius 1 is 1.05 bits per heavy atom. The number of hydrogen-bond donors (Lipinski definition) is 6. The van der Waals surface area contributed by atoms with Gasteiger partial charge < -0.3 is 31.3 Å². The number of aliphatic hydroxyl groups excluding tert-OH is 3. The number of amides is 1. The fourth-order valence-electron chi connectivity index (χ4n) is 6.48. The van der Waals surface area contributed by atoms with E-state index >= 15 is 0 Å². The molecule has 0 saturated heterocycles. The molecule has 7 N–H and O–H groups in total. The molecule has 0 unspecified atom stereocenters. The topological polar surface area (TPSA) is 182 Å². The third kappa shape index (κ3) is 3.95. The monoisotopic (exact) mass is 566 g/mol. The van der Waals surface area contributed by atoms with Crippen LogP contribution in [0.1, 0.15) is 27.4 Å². The van der Waals surface area contributed by atoms with Gasteiger partial charge in [0.15, 0.2) is 11.4 Å². The minimum absolute atomic E-state index is 0.0965. The Morgan fingerprint density at radius 3 is 2.35 bits per heavy atom. The summed E-state index contributed by atoms with van der Waals surface area (Å²) in [7, 11) is 3.01. The number of thioether (sulfide) groups is 1. The molecule has 2 aromatic rings. The van der Waals surface area contributed by atoms with Crippen molar-refractivity contribution in [1.29, 1.82) is 0 Å². The first-order valence-corrected chi connectivity index (χ1v) is 13.8. The van der Waals surface area contributed by atoms with E-state index < -0.39 is 75.6 Å². The van der Waals surface area contributed by atoms with Crippen LogP contribution in [0.2, 0.25) is 0 Å². The molecule has 3 aliphatic carbocycles. The standard InChI is InChI=1S/C29H30N2O8S/c1-31(2)22-21-24(34)18-15(12-40-11-13-7-4-3-5-8-13)14-9-6-10-16(32)17(14)23(33)19(18)26(36)29(21,39)27(37)20(25(22)35)28(30)38/h3-10,15,18,21-22,24,32,34-36,39H,11-12H2,1-2H3,(H2,30,38)/t15-,18+,21+,22-,24-,29+/m0/s1. The van der Waals surface area contributed by atoms with E-state index in [1.165, 1.54) is 36.8 Å². The number of phenols is 1. The van der Waals surface area contributed by atoms with Crippen molar-refractivity contribution in [2.75, 3.05) is 19.8 Å². The van der Waals surface area contributed by atoms with Crippen molar-refractivity contribution < 1.29 is 39.9 Å². The number of carbonyl (C=O) groups is 3. The number of fused-ring (bicyclic) bond motifs is 3. The molecule has 0 fully saturated rings. The number of hydrogen-bond acceptors (Lipinski definition) is 10. The fraction of sp³-hybridized carbons (Fsp3) is 0.345. The first-order valence-electron chi connectivity index (χ1n) is 12.7. The summed E-state index contributed by atoms with van der Waals surface area (Å²) in [5.41, 5.74) is 2.51. The molecule has 0 heterocycles. The molecular formula is C29H30N2O8S. The van der Waals surface area contributed by atoms with E-state index in [-0.39, 0.29) is 11.3 Å². The SMILES string of the molecule is CN(C)[C@@H]1C(O)=C(C(N)=O)C(=O)[C@]2(O)C(O)=C3C(=O)c4c(O)cccc4[C@H](CSCc4ccccc4)[C@H]3[C@H](O)[C@@H]12. The lowest BCUT2D eigenvalue weighted by Gasteiger charge is -2.53. The lowest BCUT2D eigenvalue weighted by Crippen LogP contribution is -2.68. The second-order valence-electron chi connectivity index (χ2n) is 10.6. The van der Waals surface area contributed by atoms with E-state index in [0.29, 0.717) is 17.1 Å². The van der Waals surface area contributed by atoms with E-state index in [2.05, 4.69) is 0 Å². The van der Waals surface area contributed by atoms with Gasteiger partial charge in [-0.2, -0.15) is 11.8 Å². The Balaban J connectivity index is 1.70. The van der Waals surface area contributed by atoms with Crippen LogP contribution in [-0.4, -0.2) is 85.5 Å². The number of carbonyl (C=O) groups excluding carboxylic acids is 3. The van der Waals surface area contributed by atoms with Crippen molar-refractivity contribution >= 4 is 29.2 Å². The van der Waals surface area contributed by atoms with Crippen molar-refractivity contribution in [3.8, 4) is 5.75 Å². The van der Waals surface area contributed by atoms with Gasteiger partial charge in [-0.3, -0.25) is 19.3 Å². The Hall–Kier alpha value is -3.64. The van der Waals surface area contributed by atoms with Crippen molar-refractivity contribution in [3.63, 3.8) is 0 Å². The van der Waals surface area contributed by atoms with Gasteiger partial charge in [0.05, 0.1) is 23.6 Å². The van der Waals surface area contributed by atoms with Crippen LogP contribution in [0.4, 0.5) is 0 Å². The summed E-state index contributed by atoms with van der Waals surface area (Å²) in [6, 6.07) is 12.9. The van der Waals surface area contributed by atoms with Crippen molar-refractivity contribution in [3.05, 3.63) is 87.9 Å². The minimum atomic E-state index is -2.93. The van der Waals surface area contributed by atoms with Crippen LogP contribution in [0.15, 0.2) is 71.2 Å². The van der Waals surface area contributed by atoms with Gasteiger partial charge in [-0.05, 0) is 31.3 Å². The first kappa shape index (κ1) is 27.9. The summed E-state index contributed by atoms with van der Waals surface area (Å²) in [5, 5.41) is 56.9. The summed E-state index contributed by atoms with van der Waals surface area (Å²) in [5.74, 6) is -8.03. The molecular weight excluding hydrogens is 536 g/mol. The third-order valence-electron chi connectivity index (χ3n) is 8.21. The Morgan fingerprint density at radius 2 is 1.73 bits per heavy atom. The Labute approximate surface area is 234 Å². The van der Waals surface area contributed by atoms with Crippen LogP contribution in [0, 0.1) is 11.8 Å². The minimum Gasteiger partial charge on any atom is -0.510 e. The van der Waals surface area contributed by atoms with Gasteiger partial charge in [-0.15, -0.1) is 0 Å². The zero-order valence-electron chi connectivity index (χ0n) is 21.8. The highest BCUT2D eigenvalue weighted by molar-refractivity contribution is 7.98. The van der Waals surface area contributed by atoms with Crippen LogP contribution in [-0.2, 0) is 15.3 Å². The van der Waals surface area contributed by atoms with Crippen LogP contribution in [0.5, 0.6) is 5.75 Å². The molecule has 0 aliphatic heterocycles. The molecule has 0 saturated carbocycles. The van der Waals surface area contributed by atoms with Crippen LogP contribution < -0.4 is 5.73 Å². The molecule has 5 rings (SSSR count). The second-order valence-corrected chi connectivity index (χ2v) is 11.6. The van der Waals surface area contributed by atoms with E-state index in [1.807, 2.05) is 30.3 Å². The lowest BCUT2D eigenvalue weighted by atomic mass is 9.55. The molecule has 0 radical (unpaired) electrons. The van der Waals surface area contributed by atoms with E-state index in [0.717, 1.165) is 5.56 Å². The molecule has 11 heteroatoms. The molecule has 2 aromatic carbocycles. The summed E-state index contributed by atoms with van der Waals surface area (Å²) in [4.78, 5) is 40.9. The first-order chi connectivity index (χ1) is 18.9. The number of primary amides is 1. The third-order valence-corrected chi connectivity index (χ3v) is 9.34. The molecule has 3 aliphatic rings. The van der Waals surface area contributed by atoms with Crippen LogP contribution in [0.3, 0.4) is 0 Å². The highest BCUT2D eigenvalue weighted by atomic mass is 32.2. The summed E-state index contributed by atoms with van der Waals surface area (Å²) >= 11 is 1.52. The van der Waals surface area contributed by atoms with Gasteiger partial charge in [0.1, 0.15) is 22.8 Å². The predicted molar refractivity (Wildman–Crippen MR) is 147 cm³/mol. The zero-order valence-corrected chi connectivity index (χ0v) is 22.6. The molecule has 1 amide bonds. The number of rotatable bonds is 6. The van der Waals surface area contributed by atoms with Crippen molar-refractivity contribution in [2.24, 2.45) is 17.6 Å². The van der Waals surface area contributed by atoms with Crippen LogP contribution in [0.25, 0.3) is 0 Å². The van der Waals surface area contributed by atoms with Gasteiger partial charge in [0.2, 0.25) is 5.78 Å². The predicted octanol–water partition coefficient (Wildman–Crippen LogP) is 1.57. The molecule has 0 aromatic heterocycles. The Bertz CT molecular complexity index is 1470. The molecule has 10 nitrogen and oxygen atoms in total. The maximum Gasteiger partial charge on any atom is 0.255 e. The zero-order chi connectivity index (χ0) is 29.1. The summed E-state index contributed by atoms with van der Waals surface area (Å²) < 4.78 is 0. The van der Waals surface area contributed by atoms with Gasteiger partial charge >= 0.3 is 0 Å². The Kier molecular flexibility index (Phi) is 7.03. The molecule has 210 valence electrons. The largest absolute Gasteiger partial charge is 0.510 e. The van der Waals surface area contributed by atoms with E-state index in [4.69, 9.17) is 5.73 Å². The fourth-order valence-corrected chi connectivity index (χ4v) is 7.66. The summed E-state index contributed by atoms with van der Waals surface area (Å²) in [6.45, 7) is 0. The quantitative estimate of drug-likeness (QED) is 0.281. The van der Waals surface area contributed by atoms with Gasteiger partial charge in [0.25, 0.3) is 5.91 Å². The average Bonchev–Trinajstić information content (AvgIpc) is 2.90. The maximum atomic E-state index is 13.8. The second kappa shape index (κ2) is 10.1. The molecule has 6 atom stereocenters. The van der Waals surface area contributed by atoms with Gasteiger partial charge in [0, 0.05) is 28.9 Å². The lowest BCUT2D eigenvalue weighted by molar-refractivity contribution is -0.162. The number of nitrogens with zero attached hydrogens (tertiary/aromatic N) is 1. The summed E-state index contributed by atoms with van der Waals surface area (Å²) in [6.07, 6.45) is -1.63. The molecule has 0 spiro atoms. The van der Waals surface area contributed by atoms with Crippen LogP contribution >= 0.6 is 11.8 Å². The van der Waals surface area contributed by atoms with Gasteiger partial charge in [-0.1, -0.05) is 42.5 Å². The highest BCUT2D eigenvalue weighted by Crippen LogP contribution is 2.56. The van der Waals surface area contributed by atoms with E-state index in [9.17, 15) is 39.9 Å². The number of likely N-dealkylation sites (N-methyl/N-ethyl adjacent to an activating group) is 1. The number of nitrogens with two attached hydrogens (primary N) is 1. The smallest absolute Gasteiger partial charge is 0.255 e. The maximum absolute atomic E-state index is 13.8. The van der Waals surface area contributed by atoms with Crippen molar-refractivity contribution in [2.45, 2.75) is 29.4 Å². The number of ketones is 2. The number of Topliss-reactive ketones (excluding diaryl/α,β-unsaturated/α-hetero) is 2. The van der Waals surface area contributed by atoms with E-state index in [1.54, 1.807) is 12.1 Å². The molecule has 40 heavy (non-hydrogen) atoms. The number of benzene rings is 2.